The first kappa shape index (κ1) is 14.6. The highest BCUT2D eigenvalue weighted by Gasteiger charge is 2.33. The summed E-state index contributed by atoms with van der Waals surface area (Å²) in [5.74, 6) is -1.86. The van der Waals surface area contributed by atoms with E-state index in [1.54, 1.807) is 0 Å². The number of nitriles is 1. The van der Waals surface area contributed by atoms with Crippen molar-refractivity contribution in [1.82, 2.24) is 0 Å². The lowest BCUT2D eigenvalue weighted by molar-refractivity contribution is -0.274. The van der Waals surface area contributed by atoms with Crippen molar-refractivity contribution >= 4 is 5.97 Å². The van der Waals surface area contributed by atoms with Crippen LogP contribution < -0.4 is 9.47 Å². The number of halogens is 3. The number of rotatable bonds is 3. The van der Waals surface area contributed by atoms with E-state index in [9.17, 15) is 18.0 Å². The van der Waals surface area contributed by atoms with E-state index in [1.165, 1.54) is 13.2 Å². The molecule has 1 aromatic rings. The van der Waals surface area contributed by atoms with E-state index in [0.29, 0.717) is 0 Å². The van der Waals surface area contributed by atoms with E-state index in [2.05, 4.69) is 9.47 Å². The highest BCUT2D eigenvalue weighted by atomic mass is 19.4. The van der Waals surface area contributed by atoms with Crippen molar-refractivity contribution in [2.75, 3.05) is 14.2 Å². The van der Waals surface area contributed by atoms with Gasteiger partial charge in [0.05, 0.1) is 19.8 Å². The van der Waals surface area contributed by atoms with Gasteiger partial charge in [-0.2, -0.15) is 5.26 Å². The SMILES string of the molecule is COC(=O)c1cc(OC)cc(OC(F)(F)F)c1C#N. The van der Waals surface area contributed by atoms with Gasteiger partial charge in [0.1, 0.15) is 17.4 Å². The Bertz CT molecular complexity index is 534. The van der Waals surface area contributed by atoms with Crippen molar-refractivity contribution in [3.8, 4) is 17.6 Å². The molecule has 0 N–H and O–H groups in total. The van der Waals surface area contributed by atoms with Crippen LogP contribution in [0.2, 0.25) is 0 Å². The summed E-state index contributed by atoms with van der Waals surface area (Å²) in [6.07, 6.45) is -4.99. The number of methoxy groups -OCH3 is 2. The molecular weight excluding hydrogens is 267 g/mol. The Morgan fingerprint density at radius 1 is 1.32 bits per heavy atom. The Hall–Kier alpha value is -2.43. The van der Waals surface area contributed by atoms with Crippen LogP contribution in [0.5, 0.6) is 11.5 Å². The number of carbonyl (C=O) groups excluding carboxylic acids is 1. The lowest BCUT2D eigenvalue weighted by Gasteiger charge is -2.13. The van der Waals surface area contributed by atoms with Crippen molar-refractivity contribution < 1.29 is 32.2 Å². The molecule has 0 unspecified atom stereocenters. The maximum absolute atomic E-state index is 12.2. The third-order valence-corrected chi connectivity index (χ3v) is 2.05. The van der Waals surface area contributed by atoms with Gasteiger partial charge in [-0.15, -0.1) is 13.2 Å². The van der Waals surface area contributed by atoms with E-state index in [-0.39, 0.29) is 11.3 Å². The zero-order valence-electron chi connectivity index (χ0n) is 9.87. The van der Waals surface area contributed by atoms with Crippen LogP contribution in [0.4, 0.5) is 13.2 Å². The summed E-state index contributed by atoms with van der Waals surface area (Å²) in [4.78, 5) is 11.4. The van der Waals surface area contributed by atoms with Crippen LogP contribution in [-0.2, 0) is 4.74 Å². The molecule has 0 fully saturated rings. The van der Waals surface area contributed by atoms with Crippen molar-refractivity contribution in [3.05, 3.63) is 23.3 Å². The maximum atomic E-state index is 12.2. The van der Waals surface area contributed by atoms with E-state index in [0.717, 1.165) is 19.2 Å². The van der Waals surface area contributed by atoms with Gasteiger partial charge in [-0.1, -0.05) is 0 Å². The second-order valence-electron chi connectivity index (χ2n) is 3.20. The van der Waals surface area contributed by atoms with Gasteiger partial charge >= 0.3 is 12.3 Å². The van der Waals surface area contributed by atoms with Gasteiger partial charge in [-0.05, 0) is 6.07 Å². The molecule has 0 aliphatic heterocycles. The fourth-order valence-electron chi connectivity index (χ4n) is 1.30. The molecule has 0 aliphatic rings. The average Bonchev–Trinajstić information content (AvgIpc) is 2.34. The molecule has 0 aromatic heterocycles. The minimum atomic E-state index is -4.99. The van der Waals surface area contributed by atoms with Gasteiger partial charge < -0.3 is 14.2 Å². The van der Waals surface area contributed by atoms with Gasteiger partial charge in [-0.3, -0.25) is 0 Å². The molecule has 19 heavy (non-hydrogen) atoms. The minimum Gasteiger partial charge on any atom is -0.497 e. The van der Waals surface area contributed by atoms with Gasteiger partial charge in [0.25, 0.3) is 0 Å². The molecule has 0 atom stereocenters. The fourth-order valence-corrected chi connectivity index (χ4v) is 1.30. The molecule has 0 spiro atoms. The van der Waals surface area contributed by atoms with Crippen molar-refractivity contribution in [1.29, 1.82) is 5.26 Å². The van der Waals surface area contributed by atoms with E-state index < -0.39 is 23.6 Å². The molecule has 0 saturated heterocycles. The Balaban J connectivity index is 3.44. The third kappa shape index (κ3) is 3.51. The molecule has 1 aromatic carbocycles. The first-order chi connectivity index (χ1) is 8.82. The smallest absolute Gasteiger partial charge is 0.497 e. The van der Waals surface area contributed by atoms with E-state index >= 15 is 0 Å². The van der Waals surface area contributed by atoms with Crippen LogP contribution in [0, 0.1) is 11.3 Å². The predicted molar refractivity (Wildman–Crippen MR) is 55.7 cm³/mol. The number of nitrogens with zero attached hydrogens (tertiary/aromatic N) is 1. The van der Waals surface area contributed by atoms with Crippen molar-refractivity contribution in [3.63, 3.8) is 0 Å². The summed E-state index contributed by atoms with van der Waals surface area (Å²) in [5, 5.41) is 8.86. The largest absolute Gasteiger partial charge is 0.573 e. The first-order valence-electron chi connectivity index (χ1n) is 4.78. The molecule has 102 valence electrons. The average molecular weight is 275 g/mol. The normalized spacial score (nSPS) is 10.5. The van der Waals surface area contributed by atoms with E-state index in [1.807, 2.05) is 0 Å². The van der Waals surface area contributed by atoms with Crippen LogP contribution in [0.1, 0.15) is 15.9 Å². The first-order valence-corrected chi connectivity index (χ1v) is 4.78. The highest BCUT2D eigenvalue weighted by Crippen LogP contribution is 2.32. The lowest BCUT2D eigenvalue weighted by atomic mass is 10.1. The van der Waals surface area contributed by atoms with Gasteiger partial charge in [0, 0.05) is 6.07 Å². The summed E-state index contributed by atoms with van der Waals surface area (Å²) in [6, 6.07) is 3.42. The van der Waals surface area contributed by atoms with Crippen LogP contribution in [-0.4, -0.2) is 26.6 Å². The Labute approximate surface area is 106 Å². The zero-order valence-corrected chi connectivity index (χ0v) is 9.87. The standard InChI is InChI=1S/C11H8F3NO4/c1-17-6-3-7(10(16)18-2)8(5-15)9(4-6)19-11(12,13)14/h3-4H,1-2H3. The molecule has 0 bridgehead atoms. The number of esters is 1. The monoisotopic (exact) mass is 275 g/mol. The quantitative estimate of drug-likeness (QED) is 0.791. The van der Waals surface area contributed by atoms with Crippen LogP contribution in [0.25, 0.3) is 0 Å². The molecular formula is C11H8F3NO4. The third-order valence-electron chi connectivity index (χ3n) is 2.05. The van der Waals surface area contributed by atoms with Gasteiger partial charge in [-0.25, -0.2) is 4.79 Å². The Morgan fingerprint density at radius 3 is 2.37 bits per heavy atom. The minimum absolute atomic E-state index is 0.0707. The zero-order chi connectivity index (χ0) is 14.6. The topological polar surface area (TPSA) is 68.6 Å². The van der Waals surface area contributed by atoms with Crippen LogP contribution in [0.3, 0.4) is 0 Å². The second kappa shape index (κ2) is 5.48. The summed E-state index contributed by atoms with van der Waals surface area (Å²) in [7, 11) is 2.23. The molecule has 0 radical (unpaired) electrons. The second-order valence-corrected chi connectivity index (χ2v) is 3.20. The summed E-state index contributed by atoms with van der Waals surface area (Å²) in [5.41, 5.74) is -0.950. The maximum Gasteiger partial charge on any atom is 0.573 e. The summed E-state index contributed by atoms with van der Waals surface area (Å²) < 4.78 is 49.5. The Morgan fingerprint density at radius 2 is 1.95 bits per heavy atom. The molecule has 1 rings (SSSR count). The number of hydrogen-bond acceptors (Lipinski definition) is 5. The van der Waals surface area contributed by atoms with Crippen LogP contribution in [0.15, 0.2) is 12.1 Å². The van der Waals surface area contributed by atoms with Crippen molar-refractivity contribution in [2.45, 2.75) is 6.36 Å². The summed E-state index contributed by atoms with van der Waals surface area (Å²) in [6.45, 7) is 0. The summed E-state index contributed by atoms with van der Waals surface area (Å²) >= 11 is 0. The number of benzene rings is 1. The number of alkyl halides is 3. The number of hydrogen-bond donors (Lipinski definition) is 0. The fraction of sp³-hybridized carbons (Fsp3) is 0.273. The van der Waals surface area contributed by atoms with Crippen molar-refractivity contribution in [2.24, 2.45) is 0 Å². The Kier molecular flexibility index (Phi) is 4.22. The lowest BCUT2D eigenvalue weighted by Crippen LogP contribution is -2.19. The van der Waals surface area contributed by atoms with Crippen LogP contribution >= 0.6 is 0 Å². The molecule has 0 saturated carbocycles. The van der Waals surface area contributed by atoms with Gasteiger partial charge in [0.2, 0.25) is 0 Å². The molecule has 0 amide bonds. The predicted octanol–water partition coefficient (Wildman–Crippen LogP) is 2.25. The number of ether oxygens (including phenoxy) is 3. The number of carbonyl (C=O) groups is 1. The highest BCUT2D eigenvalue weighted by molar-refractivity contribution is 5.93. The molecule has 8 heteroatoms. The van der Waals surface area contributed by atoms with Gasteiger partial charge in [0.15, 0.2) is 5.75 Å². The molecule has 0 aliphatic carbocycles. The molecule has 0 heterocycles. The van der Waals surface area contributed by atoms with E-state index in [4.69, 9.17) is 10.00 Å². The molecule has 5 nitrogen and oxygen atoms in total.